The number of hydrogen-bond donors (Lipinski definition) is 3. The number of carbonyl (C=O) groups excluding carboxylic acids is 2. The summed E-state index contributed by atoms with van der Waals surface area (Å²) in [6.45, 7) is 1.15. The van der Waals surface area contributed by atoms with Gasteiger partial charge in [0.15, 0.2) is 0 Å². The summed E-state index contributed by atoms with van der Waals surface area (Å²) in [4.78, 5) is 23.4. The fourth-order valence-corrected chi connectivity index (χ4v) is 2.12. The Bertz CT molecular complexity index is 486. The molecular weight excluding hydrogens is 242 g/mol. The Morgan fingerprint density at radius 2 is 2.21 bits per heavy atom. The van der Waals surface area contributed by atoms with Crippen LogP contribution in [0.25, 0.3) is 0 Å². The van der Waals surface area contributed by atoms with E-state index in [1.165, 1.54) is 0 Å². The third-order valence-electron chi connectivity index (χ3n) is 3.16. The summed E-state index contributed by atoms with van der Waals surface area (Å²) in [5.41, 5.74) is 7.86. The molecule has 1 aliphatic rings. The Balaban J connectivity index is 2.09. The molecule has 2 amide bonds. The standard InChI is InChI=1S/C14H19N3O2/c15-7-2-8-16-14(19)11-5-6-12-10(9-11)3-1-4-13(18)17-12/h5-6,9H,1-4,7-8,15H2,(H,16,19)(H,17,18). The quantitative estimate of drug-likeness (QED) is 0.708. The first kappa shape index (κ1) is 13.5. The molecule has 19 heavy (non-hydrogen) atoms. The number of rotatable bonds is 4. The van der Waals surface area contributed by atoms with Crippen molar-refractivity contribution in [3.05, 3.63) is 29.3 Å². The molecule has 4 N–H and O–H groups in total. The van der Waals surface area contributed by atoms with Crippen LogP contribution in [0, 0.1) is 0 Å². The molecule has 0 aromatic heterocycles. The van der Waals surface area contributed by atoms with E-state index in [9.17, 15) is 9.59 Å². The number of amides is 2. The van der Waals surface area contributed by atoms with Crippen molar-refractivity contribution in [1.82, 2.24) is 5.32 Å². The van der Waals surface area contributed by atoms with Crippen LogP contribution in [0.4, 0.5) is 5.69 Å². The number of carbonyl (C=O) groups is 2. The average Bonchev–Trinajstić information content (AvgIpc) is 2.58. The Hall–Kier alpha value is -1.88. The van der Waals surface area contributed by atoms with Gasteiger partial charge in [0.1, 0.15) is 0 Å². The first-order valence-electron chi connectivity index (χ1n) is 6.62. The summed E-state index contributed by atoms with van der Waals surface area (Å²) in [5, 5.41) is 5.68. The van der Waals surface area contributed by atoms with Gasteiger partial charge in [-0.3, -0.25) is 9.59 Å². The molecule has 5 heteroatoms. The van der Waals surface area contributed by atoms with Crippen molar-refractivity contribution in [2.45, 2.75) is 25.7 Å². The lowest BCUT2D eigenvalue weighted by Gasteiger charge is -2.09. The fraction of sp³-hybridized carbons (Fsp3) is 0.429. The van der Waals surface area contributed by atoms with Crippen LogP contribution in [0.5, 0.6) is 0 Å². The molecule has 0 radical (unpaired) electrons. The zero-order chi connectivity index (χ0) is 13.7. The van der Waals surface area contributed by atoms with E-state index in [1.807, 2.05) is 6.07 Å². The van der Waals surface area contributed by atoms with Crippen molar-refractivity contribution in [2.24, 2.45) is 5.73 Å². The molecule has 5 nitrogen and oxygen atoms in total. The summed E-state index contributed by atoms with van der Waals surface area (Å²) in [5.74, 6) is -0.0503. The van der Waals surface area contributed by atoms with E-state index < -0.39 is 0 Å². The molecule has 102 valence electrons. The second-order valence-corrected chi connectivity index (χ2v) is 4.67. The maximum Gasteiger partial charge on any atom is 0.251 e. The van der Waals surface area contributed by atoms with Gasteiger partial charge < -0.3 is 16.4 Å². The molecule has 1 heterocycles. The second kappa shape index (κ2) is 6.33. The Kier molecular flexibility index (Phi) is 4.52. The highest BCUT2D eigenvalue weighted by atomic mass is 16.2. The second-order valence-electron chi connectivity index (χ2n) is 4.67. The molecule has 0 spiro atoms. The van der Waals surface area contributed by atoms with Crippen molar-refractivity contribution in [2.75, 3.05) is 18.4 Å². The summed E-state index contributed by atoms with van der Waals surface area (Å²) in [6, 6.07) is 5.40. The predicted octanol–water partition coefficient (Wildman–Crippen LogP) is 1.04. The molecule has 0 aliphatic carbocycles. The monoisotopic (exact) mass is 261 g/mol. The van der Waals surface area contributed by atoms with E-state index in [0.717, 1.165) is 30.5 Å². The molecule has 0 saturated heterocycles. The number of nitrogens with two attached hydrogens (primary N) is 1. The van der Waals surface area contributed by atoms with Crippen molar-refractivity contribution in [1.29, 1.82) is 0 Å². The molecule has 1 aliphatic heterocycles. The van der Waals surface area contributed by atoms with E-state index >= 15 is 0 Å². The van der Waals surface area contributed by atoms with Crippen LogP contribution in [0.15, 0.2) is 18.2 Å². The van der Waals surface area contributed by atoms with Crippen molar-refractivity contribution < 1.29 is 9.59 Å². The highest BCUT2D eigenvalue weighted by molar-refractivity contribution is 5.97. The summed E-state index contributed by atoms with van der Waals surface area (Å²) in [6.07, 6.45) is 2.94. The molecule has 0 bridgehead atoms. The number of hydrogen-bond acceptors (Lipinski definition) is 3. The zero-order valence-electron chi connectivity index (χ0n) is 10.9. The van der Waals surface area contributed by atoms with E-state index in [0.29, 0.717) is 25.1 Å². The molecule has 1 aromatic rings. The normalized spacial score (nSPS) is 14.3. The van der Waals surface area contributed by atoms with E-state index in [1.54, 1.807) is 12.1 Å². The van der Waals surface area contributed by atoms with E-state index in [4.69, 9.17) is 5.73 Å². The lowest BCUT2D eigenvalue weighted by Crippen LogP contribution is -2.26. The van der Waals surface area contributed by atoms with Crippen LogP contribution >= 0.6 is 0 Å². The van der Waals surface area contributed by atoms with Gasteiger partial charge >= 0.3 is 0 Å². The Labute approximate surface area is 112 Å². The van der Waals surface area contributed by atoms with Gasteiger partial charge in [0.05, 0.1) is 0 Å². The minimum atomic E-state index is -0.0909. The van der Waals surface area contributed by atoms with Crippen LogP contribution in [0.2, 0.25) is 0 Å². The summed E-state index contributed by atoms with van der Waals surface area (Å²) in [7, 11) is 0. The van der Waals surface area contributed by atoms with E-state index in [-0.39, 0.29) is 11.8 Å². The van der Waals surface area contributed by atoms with Gasteiger partial charge in [-0.15, -0.1) is 0 Å². The van der Waals surface area contributed by atoms with Crippen LogP contribution in [-0.2, 0) is 11.2 Å². The van der Waals surface area contributed by atoms with Crippen LogP contribution in [0.1, 0.15) is 35.2 Å². The average molecular weight is 261 g/mol. The maximum absolute atomic E-state index is 11.9. The van der Waals surface area contributed by atoms with Gasteiger partial charge in [-0.2, -0.15) is 0 Å². The van der Waals surface area contributed by atoms with Gasteiger partial charge in [0.2, 0.25) is 5.91 Å². The van der Waals surface area contributed by atoms with Gasteiger partial charge in [-0.05, 0) is 49.6 Å². The Morgan fingerprint density at radius 3 is 3.00 bits per heavy atom. The topological polar surface area (TPSA) is 84.2 Å². The van der Waals surface area contributed by atoms with Gasteiger partial charge in [-0.1, -0.05) is 0 Å². The molecule has 0 atom stereocenters. The van der Waals surface area contributed by atoms with Crippen LogP contribution in [-0.4, -0.2) is 24.9 Å². The minimum absolute atomic E-state index is 0.0406. The highest BCUT2D eigenvalue weighted by Crippen LogP contribution is 2.23. The van der Waals surface area contributed by atoms with Crippen molar-refractivity contribution >= 4 is 17.5 Å². The van der Waals surface area contributed by atoms with Gasteiger partial charge in [-0.25, -0.2) is 0 Å². The lowest BCUT2D eigenvalue weighted by molar-refractivity contribution is -0.116. The molecule has 0 fully saturated rings. The summed E-state index contributed by atoms with van der Waals surface area (Å²) < 4.78 is 0. The first-order valence-corrected chi connectivity index (χ1v) is 6.62. The number of benzene rings is 1. The molecule has 2 rings (SSSR count). The maximum atomic E-state index is 11.9. The molecule has 0 saturated carbocycles. The molecule has 0 unspecified atom stereocenters. The smallest absolute Gasteiger partial charge is 0.251 e. The van der Waals surface area contributed by atoms with Crippen LogP contribution < -0.4 is 16.4 Å². The highest BCUT2D eigenvalue weighted by Gasteiger charge is 2.14. The third-order valence-corrected chi connectivity index (χ3v) is 3.16. The Morgan fingerprint density at radius 1 is 1.37 bits per heavy atom. The number of aryl methyl sites for hydroxylation is 1. The van der Waals surface area contributed by atoms with Crippen molar-refractivity contribution in [3.8, 4) is 0 Å². The summed E-state index contributed by atoms with van der Waals surface area (Å²) >= 11 is 0. The van der Waals surface area contributed by atoms with Gasteiger partial charge in [0, 0.05) is 24.2 Å². The number of nitrogens with one attached hydrogen (secondary N) is 2. The zero-order valence-corrected chi connectivity index (χ0v) is 10.9. The largest absolute Gasteiger partial charge is 0.352 e. The van der Waals surface area contributed by atoms with Crippen LogP contribution in [0.3, 0.4) is 0 Å². The third kappa shape index (κ3) is 3.54. The number of anilines is 1. The SMILES string of the molecule is NCCCNC(=O)c1ccc2c(c1)CCCC(=O)N2. The minimum Gasteiger partial charge on any atom is -0.352 e. The van der Waals surface area contributed by atoms with Gasteiger partial charge in [0.25, 0.3) is 5.91 Å². The first-order chi connectivity index (χ1) is 9.20. The molecular formula is C14H19N3O2. The van der Waals surface area contributed by atoms with Crippen molar-refractivity contribution in [3.63, 3.8) is 0 Å². The number of fused-ring (bicyclic) bond motifs is 1. The lowest BCUT2D eigenvalue weighted by atomic mass is 10.0. The van der Waals surface area contributed by atoms with E-state index in [2.05, 4.69) is 10.6 Å². The molecule has 1 aromatic carbocycles. The predicted molar refractivity (Wildman–Crippen MR) is 74.0 cm³/mol. The fourth-order valence-electron chi connectivity index (χ4n) is 2.12.